The van der Waals surface area contributed by atoms with E-state index >= 15 is 0 Å². The topological polar surface area (TPSA) is 113 Å². The standard InChI is InChI=1S/C20H23N7O2/c21-17-18(24-25-20(28)16-7-4-12-29-16)22-14-23-19(17)27-10-8-26(9-11-27)13-15-5-2-1-3-6-15/h1-7,12,14H,8-11,13,21H2,(H,25,28)(H,22,23,24). The van der Waals surface area contributed by atoms with Gasteiger partial charge in [-0.05, 0) is 17.7 Å². The fourth-order valence-electron chi connectivity index (χ4n) is 3.28. The van der Waals surface area contributed by atoms with E-state index in [0.717, 1.165) is 32.7 Å². The third kappa shape index (κ3) is 4.46. The minimum absolute atomic E-state index is 0.194. The van der Waals surface area contributed by atoms with Gasteiger partial charge in [-0.2, -0.15) is 0 Å². The van der Waals surface area contributed by atoms with Crippen LogP contribution in [0.25, 0.3) is 0 Å². The molecule has 1 saturated heterocycles. The molecule has 2 aromatic heterocycles. The summed E-state index contributed by atoms with van der Waals surface area (Å²) in [5.41, 5.74) is 13.2. The van der Waals surface area contributed by atoms with Crippen LogP contribution in [0.4, 0.5) is 17.3 Å². The Hall–Kier alpha value is -3.59. The molecule has 3 aromatic rings. The van der Waals surface area contributed by atoms with Gasteiger partial charge in [0.1, 0.15) is 12.0 Å². The number of rotatable bonds is 6. The van der Waals surface area contributed by atoms with E-state index in [2.05, 4.69) is 54.9 Å². The van der Waals surface area contributed by atoms with Gasteiger partial charge < -0.3 is 15.1 Å². The van der Waals surface area contributed by atoms with Crippen molar-refractivity contribution in [2.45, 2.75) is 6.54 Å². The molecule has 0 radical (unpaired) electrons. The molecular formula is C20H23N7O2. The Morgan fingerprint density at radius 2 is 1.86 bits per heavy atom. The molecule has 1 amide bonds. The third-order valence-corrected chi connectivity index (χ3v) is 4.82. The maximum Gasteiger partial charge on any atom is 0.305 e. The molecule has 150 valence electrons. The van der Waals surface area contributed by atoms with Gasteiger partial charge >= 0.3 is 5.91 Å². The number of aromatic nitrogens is 2. The Morgan fingerprint density at radius 1 is 1.07 bits per heavy atom. The van der Waals surface area contributed by atoms with Crippen LogP contribution >= 0.6 is 0 Å². The molecule has 0 aliphatic carbocycles. The summed E-state index contributed by atoms with van der Waals surface area (Å²) in [5.74, 6) is 0.791. The van der Waals surface area contributed by atoms with Crippen molar-refractivity contribution < 1.29 is 9.21 Å². The van der Waals surface area contributed by atoms with E-state index in [0.29, 0.717) is 17.3 Å². The van der Waals surface area contributed by atoms with Crippen LogP contribution in [0.3, 0.4) is 0 Å². The summed E-state index contributed by atoms with van der Waals surface area (Å²) >= 11 is 0. The van der Waals surface area contributed by atoms with Crippen LogP contribution in [-0.2, 0) is 6.54 Å². The van der Waals surface area contributed by atoms with Gasteiger partial charge in [-0.25, -0.2) is 9.97 Å². The van der Waals surface area contributed by atoms with E-state index in [1.807, 2.05) is 6.07 Å². The predicted molar refractivity (Wildman–Crippen MR) is 110 cm³/mol. The molecule has 0 spiro atoms. The Labute approximate surface area is 168 Å². The van der Waals surface area contributed by atoms with Crippen LogP contribution in [-0.4, -0.2) is 47.0 Å². The van der Waals surface area contributed by atoms with Crippen molar-refractivity contribution in [3.05, 3.63) is 66.4 Å². The normalized spacial score (nSPS) is 14.6. The SMILES string of the molecule is Nc1c(NNC(=O)c2ccco2)ncnc1N1CCN(Cc2ccccc2)CC1. The van der Waals surface area contributed by atoms with Crippen molar-refractivity contribution in [2.75, 3.05) is 42.2 Å². The third-order valence-electron chi connectivity index (χ3n) is 4.82. The first-order valence-corrected chi connectivity index (χ1v) is 9.42. The number of nitrogens with zero attached hydrogens (tertiary/aromatic N) is 4. The molecule has 4 rings (SSSR count). The van der Waals surface area contributed by atoms with Crippen LogP contribution in [0, 0.1) is 0 Å². The van der Waals surface area contributed by atoms with E-state index in [1.165, 1.54) is 18.2 Å². The Balaban J connectivity index is 1.35. The van der Waals surface area contributed by atoms with Crippen LogP contribution in [0.5, 0.6) is 0 Å². The number of nitrogens with one attached hydrogen (secondary N) is 2. The molecule has 3 heterocycles. The number of carbonyl (C=O) groups excluding carboxylic acids is 1. The number of piperazine rings is 1. The number of nitrogens with two attached hydrogens (primary N) is 1. The van der Waals surface area contributed by atoms with Crippen molar-refractivity contribution in [1.82, 2.24) is 20.3 Å². The maximum absolute atomic E-state index is 12.0. The molecule has 1 aliphatic rings. The molecule has 1 fully saturated rings. The summed E-state index contributed by atoms with van der Waals surface area (Å²) in [5, 5.41) is 0. The van der Waals surface area contributed by atoms with Crippen molar-refractivity contribution in [2.24, 2.45) is 0 Å². The molecule has 29 heavy (non-hydrogen) atoms. The van der Waals surface area contributed by atoms with Crippen LogP contribution < -0.4 is 21.5 Å². The molecular weight excluding hydrogens is 370 g/mol. The van der Waals surface area contributed by atoms with Gasteiger partial charge in [0.25, 0.3) is 0 Å². The van der Waals surface area contributed by atoms with Crippen LogP contribution in [0.1, 0.15) is 16.1 Å². The van der Waals surface area contributed by atoms with Crippen molar-refractivity contribution in [3.63, 3.8) is 0 Å². The molecule has 0 saturated carbocycles. The molecule has 9 nitrogen and oxygen atoms in total. The first-order valence-electron chi connectivity index (χ1n) is 9.42. The molecule has 0 atom stereocenters. The second kappa shape index (κ2) is 8.61. The number of amides is 1. The first-order chi connectivity index (χ1) is 14.2. The summed E-state index contributed by atoms with van der Waals surface area (Å²) in [6.07, 6.45) is 2.87. The average molecular weight is 393 g/mol. The van der Waals surface area contributed by atoms with E-state index in [1.54, 1.807) is 12.1 Å². The van der Waals surface area contributed by atoms with E-state index in [4.69, 9.17) is 10.2 Å². The highest BCUT2D eigenvalue weighted by Gasteiger charge is 2.21. The Morgan fingerprint density at radius 3 is 2.59 bits per heavy atom. The van der Waals surface area contributed by atoms with Gasteiger partial charge in [0, 0.05) is 32.7 Å². The molecule has 9 heteroatoms. The highest BCUT2D eigenvalue weighted by Crippen LogP contribution is 2.26. The lowest BCUT2D eigenvalue weighted by molar-refractivity contribution is 0.0935. The largest absolute Gasteiger partial charge is 0.459 e. The zero-order valence-corrected chi connectivity index (χ0v) is 15.9. The van der Waals surface area contributed by atoms with Gasteiger partial charge in [-0.3, -0.25) is 20.5 Å². The number of anilines is 3. The summed E-state index contributed by atoms with van der Waals surface area (Å²) in [7, 11) is 0. The van der Waals surface area contributed by atoms with Crippen molar-refractivity contribution in [3.8, 4) is 0 Å². The zero-order chi connectivity index (χ0) is 20.1. The molecule has 1 aromatic carbocycles. The highest BCUT2D eigenvalue weighted by atomic mass is 16.3. The molecule has 4 N–H and O–H groups in total. The lowest BCUT2D eigenvalue weighted by Gasteiger charge is -2.36. The summed E-state index contributed by atoms with van der Waals surface area (Å²) in [4.78, 5) is 25.0. The fourth-order valence-corrected chi connectivity index (χ4v) is 3.28. The maximum atomic E-state index is 12.0. The smallest absolute Gasteiger partial charge is 0.305 e. The number of hydrazine groups is 1. The van der Waals surface area contributed by atoms with E-state index in [9.17, 15) is 4.79 Å². The average Bonchev–Trinajstić information content (AvgIpc) is 3.29. The number of furan rings is 1. The van der Waals surface area contributed by atoms with Gasteiger partial charge in [0.2, 0.25) is 0 Å². The second-order valence-corrected chi connectivity index (χ2v) is 6.76. The van der Waals surface area contributed by atoms with Crippen molar-refractivity contribution >= 4 is 23.2 Å². The van der Waals surface area contributed by atoms with Gasteiger partial charge in [-0.15, -0.1) is 0 Å². The monoisotopic (exact) mass is 393 g/mol. The second-order valence-electron chi connectivity index (χ2n) is 6.76. The summed E-state index contributed by atoms with van der Waals surface area (Å²) in [6, 6.07) is 13.7. The Bertz CT molecular complexity index is 939. The minimum atomic E-state index is -0.413. The number of benzene rings is 1. The van der Waals surface area contributed by atoms with E-state index < -0.39 is 5.91 Å². The number of hydrogen-bond acceptors (Lipinski definition) is 8. The minimum Gasteiger partial charge on any atom is -0.459 e. The zero-order valence-electron chi connectivity index (χ0n) is 15.9. The first kappa shape index (κ1) is 18.8. The lowest BCUT2D eigenvalue weighted by atomic mass is 10.2. The molecule has 0 bridgehead atoms. The number of hydrogen-bond donors (Lipinski definition) is 3. The summed E-state index contributed by atoms with van der Waals surface area (Å²) in [6.45, 7) is 4.38. The quantitative estimate of drug-likeness (QED) is 0.543. The fraction of sp³-hybridized carbons (Fsp3) is 0.250. The molecule has 1 aliphatic heterocycles. The lowest BCUT2D eigenvalue weighted by Crippen LogP contribution is -2.46. The summed E-state index contributed by atoms with van der Waals surface area (Å²) < 4.78 is 5.06. The predicted octanol–water partition coefficient (Wildman–Crippen LogP) is 1.73. The number of carbonyl (C=O) groups is 1. The van der Waals surface area contributed by atoms with Gasteiger partial charge in [0.05, 0.1) is 6.26 Å². The molecule has 0 unspecified atom stereocenters. The van der Waals surface area contributed by atoms with Crippen molar-refractivity contribution in [1.29, 1.82) is 0 Å². The van der Waals surface area contributed by atoms with Crippen LogP contribution in [0.15, 0.2) is 59.5 Å². The van der Waals surface area contributed by atoms with Crippen LogP contribution in [0.2, 0.25) is 0 Å². The van der Waals surface area contributed by atoms with E-state index in [-0.39, 0.29) is 5.76 Å². The Kier molecular flexibility index (Phi) is 5.57. The highest BCUT2D eigenvalue weighted by molar-refractivity contribution is 5.92. The number of nitrogen functional groups attached to an aromatic ring is 1. The van der Waals surface area contributed by atoms with Gasteiger partial charge in [0.15, 0.2) is 17.4 Å². The van der Waals surface area contributed by atoms with Gasteiger partial charge in [-0.1, -0.05) is 30.3 Å².